The number of imidazole rings is 1. The molecule has 1 aliphatic rings. The molecule has 0 radical (unpaired) electrons. The first-order valence-electron chi connectivity index (χ1n) is 6.19. The van der Waals surface area contributed by atoms with Crippen LogP contribution in [0.2, 0.25) is 0 Å². The van der Waals surface area contributed by atoms with E-state index in [1.165, 1.54) is 5.56 Å². The van der Waals surface area contributed by atoms with Crippen LogP contribution in [-0.4, -0.2) is 33.6 Å². The summed E-state index contributed by atoms with van der Waals surface area (Å²) in [6.45, 7) is 1.55. The summed E-state index contributed by atoms with van der Waals surface area (Å²) in [7, 11) is 0. The van der Waals surface area contributed by atoms with Crippen molar-refractivity contribution in [3.8, 4) is 0 Å². The number of amides is 1. The Morgan fingerprint density at radius 3 is 2.89 bits per heavy atom. The number of aromatic nitrogens is 2. The minimum atomic E-state index is 0.0460. The summed E-state index contributed by atoms with van der Waals surface area (Å²) < 4.78 is 1.65. The number of hydrogen-bond acceptors (Lipinski definition) is 2. The van der Waals surface area contributed by atoms with E-state index in [9.17, 15) is 4.79 Å². The Balaban J connectivity index is 1.67. The van der Waals surface area contributed by atoms with Gasteiger partial charge in [0.15, 0.2) is 0 Å². The van der Waals surface area contributed by atoms with Crippen LogP contribution in [0.25, 0.3) is 0 Å². The van der Waals surface area contributed by atoms with Gasteiger partial charge in [0.05, 0.1) is 0 Å². The molecule has 1 aromatic heterocycles. The summed E-state index contributed by atoms with van der Waals surface area (Å²) in [5, 5.41) is 0. The van der Waals surface area contributed by atoms with Gasteiger partial charge in [0.2, 0.25) is 0 Å². The molecule has 2 aromatic rings. The Morgan fingerprint density at radius 1 is 1.22 bits per heavy atom. The largest absolute Gasteiger partial charge is 0.329 e. The molecular weight excluding hydrogens is 226 g/mol. The highest BCUT2D eigenvalue weighted by molar-refractivity contribution is 5.78. The molecule has 1 amide bonds. The van der Waals surface area contributed by atoms with E-state index in [0.29, 0.717) is 0 Å². The Labute approximate surface area is 106 Å². The average Bonchev–Trinajstić information content (AvgIpc) is 2.88. The molecule has 4 heteroatoms. The van der Waals surface area contributed by atoms with Crippen molar-refractivity contribution in [2.24, 2.45) is 0 Å². The summed E-state index contributed by atoms with van der Waals surface area (Å²) in [5.74, 6) is 0. The van der Waals surface area contributed by atoms with Crippen molar-refractivity contribution in [3.05, 3.63) is 54.1 Å². The third-order valence-corrected chi connectivity index (χ3v) is 3.34. The van der Waals surface area contributed by atoms with Gasteiger partial charge in [-0.15, -0.1) is 0 Å². The van der Waals surface area contributed by atoms with Gasteiger partial charge in [0.1, 0.15) is 6.33 Å². The molecule has 0 spiro atoms. The van der Waals surface area contributed by atoms with E-state index in [1.54, 1.807) is 17.1 Å². The smallest absolute Gasteiger partial charge is 0.323 e. The number of hydrogen-bond donors (Lipinski definition) is 0. The van der Waals surface area contributed by atoms with Gasteiger partial charge in [-0.1, -0.05) is 30.3 Å². The maximum absolute atomic E-state index is 12.1. The van der Waals surface area contributed by atoms with Gasteiger partial charge in [-0.25, -0.2) is 9.78 Å². The molecule has 92 valence electrons. The zero-order chi connectivity index (χ0) is 12.4. The van der Waals surface area contributed by atoms with Crippen molar-refractivity contribution in [3.63, 3.8) is 0 Å². The van der Waals surface area contributed by atoms with E-state index in [1.807, 2.05) is 23.1 Å². The van der Waals surface area contributed by atoms with Crippen molar-refractivity contribution in [1.29, 1.82) is 0 Å². The van der Waals surface area contributed by atoms with Crippen molar-refractivity contribution >= 4 is 6.03 Å². The van der Waals surface area contributed by atoms with Crippen LogP contribution in [0.4, 0.5) is 4.79 Å². The second kappa shape index (κ2) is 4.64. The van der Waals surface area contributed by atoms with Gasteiger partial charge in [0, 0.05) is 31.4 Å². The quantitative estimate of drug-likeness (QED) is 0.823. The number of carbonyl (C=O) groups is 1. The van der Waals surface area contributed by atoms with Crippen molar-refractivity contribution in [2.75, 3.05) is 13.1 Å². The molecule has 4 nitrogen and oxygen atoms in total. The van der Waals surface area contributed by atoms with Crippen molar-refractivity contribution in [2.45, 2.75) is 12.8 Å². The van der Waals surface area contributed by atoms with E-state index in [2.05, 4.69) is 17.1 Å². The molecule has 0 aliphatic carbocycles. The fourth-order valence-electron chi connectivity index (χ4n) is 2.29. The number of fused-ring (bicyclic) bond motifs is 1. The molecule has 3 rings (SSSR count). The number of benzene rings is 1. The Hall–Kier alpha value is -2.10. The van der Waals surface area contributed by atoms with Crippen molar-refractivity contribution < 1.29 is 4.79 Å². The second-order valence-electron chi connectivity index (χ2n) is 4.51. The fourth-order valence-corrected chi connectivity index (χ4v) is 2.29. The molecule has 1 aliphatic heterocycles. The number of rotatable bonds is 3. The standard InChI is InChI=1S/C14H15N3O/c18-14-16(8-6-12-4-2-1-3-5-12)9-7-13-10-15-11-17(13)14/h1-5,10-11H,6-9H2. The van der Waals surface area contributed by atoms with E-state index >= 15 is 0 Å². The summed E-state index contributed by atoms with van der Waals surface area (Å²) in [6.07, 6.45) is 5.16. The van der Waals surface area contributed by atoms with Gasteiger partial charge in [0.25, 0.3) is 0 Å². The van der Waals surface area contributed by atoms with Crippen LogP contribution in [0.15, 0.2) is 42.9 Å². The highest BCUT2D eigenvalue weighted by Gasteiger charge is 2.22. The highest BCUT2D eigenvalue weighted by Crippen LogP contribution is 2.12. The lowest BCUT2D eigenvalue weighted by Gasteiger charge is -2.27. The van der Waals surface area contributed by atoms with Gasteiger partial charge in [-0.2, -0.15) is 0 Å². The average molecular weight is 241 g/mol. The molecule has 0 fully saturated rings. The van der Waals surface area contributed by atoms with Gasteiger partial charge in [-0.05, 0) is 12.0 Å². The first-order valence-corrected chi connectivity index (χ1v) is 6.19. The first kappa shape index (κ1) is 11.0. The molecule has 18 heavy (non-hydrogen) atoms. The maximum Gasteiger partial charge on any atom is 0.329 e. The third kappa shape index (κ3) is 2.01. The predicted octanol–water partition coefficient (Wildman–Crippen LogP) is 1.95. The summed E-state index contributed by atoms with van der Waals surface area (Å²) in [6, 6.07) is 10.3. The summed E-state index contributed by atoms with van der Waals surface area (Å²) in [4.78, 5) is 18.1. The SMILES string of the molecule is O=C1N(CCc2ccccc2)CCc2cncn21. The van der Waals surface area contributed by atoms with Gasteiger partial charge in [-0.3, -0.25) is 4.57 Å². The Morgan fingerprint density at radius 2 is 2.06 bits per heavy atom. The maximum atomic E-state index is 12.1. The minimum absolute atomic E-state index is 0.0460. The normalized spacial score (nSPS) is 14.7. The molecule has 0 bridgehead atoms. The van der Waals surface area contributed by atoms with Gasteiger partial charge < -0.3 is 4.90 Å². The van der Waals surface area contributed by atoms with Crippen LogP contribution in [0.3, 0.4) is 0 Å². The zero-order valence-corrected chi connectivity index (χ0v) is 10.1. The lowest BCUT2D eigenvalue weighted by Crippen LogP contribution is -2.42. The highest BCUT2D eigenvalue weighted by atomic mass is 16.2. The zero-order valence-electron chi connectivity index (χ0n) is 10.1. The molecule has 0 atom stereocenters. The Kier molecular flexibility index (Phi) is 2.84. The van der Waals surface area contributed by atoms with Crippen LogP contribution in [-0.2, 0) is 12.8 Å². The first-order chi connectivity index (χ1) is 8.84. The summed E-state index contributed by atoms with van der Waals surface area (Å²) in [5.41, 5.74) is 2.28. The van der Waals surface area contributed by atoms with Crippen molar-refractivity contribution in [1.82, 2.24) is 14.5 Å². The van der Waals surface area contributed by atoms with Crippen LogP contribution >= 0.6 is 0 Å². The lowest BCUT2D eigenvalue weighted by atomic mass is 10.1. The summed E-state index contributed by atoms with van der Waals surface area (Å²) >= 11 is 0. The molecular formula is C14H15N3O. The third-order valence-electron chi connectivity index (χ3n) is 3.34. The monoisotopic (exact) mass is 241 g/mol. The second-order valence-corrected chi connectivity index (χ2v) is 4.51. The van der Waals surface area contributed by atoms with Crippen LogP contribution in [0.1, 0.15) is 11.3 Å². The molecule has 0 saturated carbocycles. The molecule has 1 aromatic carbocycles. The molecule has 0 saturated heterocycles. The molecule has 2 heterocycles. The van der Waals surface area contributed by atoms with Gasteiger partial charge >= 0.3 is 6.03 Å². The molecule has 0 N–H and O–H groups in total. The van der Waals surface area contributed by atoms with E-state index < -0.39 is 0 Å². The topological polar surface area (TPSA) is 38.1 Å². The van der Waals surface area contributed by atoms with Crippen LogP contribution in [0, 0.1) is 0 Å². The lowest BCUT2D eigenvalue weighted by molar-refractivity contribution is 0.193. The number of nitrogens with zero attached hydrogens (tertiary/aromatic N) is 3. The Bertz CT molecular complexity index is 547. The van der Waals surface area contributed by atoms with E-state index in [4.69, 9.17) is 0 Å². The van der Waals surface area contributed by atoms with E-state index in [0.717, 1.165) is 31.6 Å². The van der Waals surface area contributed by atoms with Crippen LogP contribution in [0.5, 0.6) is 0 Å². The predicted molar refractivity (Wildman–Crippen MR) is 68.4 cm³/mol. The van der Waals surface area contributed by atoms with E-state index in [-0.39, 0.29) is 6.03 Å². The fraction of sp³-hybridized carbons (Fsp3) is 0.286. The minimum Gasteiger partial charge on any atom is -0.323 e. The molecule has 0 unspecified atom stereocenters. The van der Waals surface area contributed by atoms with Crippen LogP contribution < -0.4 is 0 Å². The number of carbonyl (C=O) groups excluding carboxylic acids is 1.